The van der Waals surface area contributed by atoms with E-state index in [1.165, 1.54) is 0 Å². The van der Waals surface area contributed by atoms with Crippen molar-refractivity contribution < 1.29 is 8.42 Å². The second kappa shape index (κ2) is 5.02. The van der Waals surface area contributed by atoms with Crippen molar-refractivity contribution in [3.63, 3.8) is 0 Å². The lowest BCUT2D eigenvalue weighted by atomic mass is 10.2. The molecule has 4 N–H and O–H groups in total. The van der Waals surface area contributed by atoms with Gasteiger partial charge in [0.15, 0.2) is 0 Å². The molecule has 102 valence electrons. The Morgan fingerprint density at radius 1 is 1.37 bits per heavy atom. The molecule has 0 spiro atoms. The highest BCUT2D eigenvalue weighted by Gasteiger charge is 2.12. The molecule has 2 rings (SSSR count). The van der Waals surface area contributed by atoms with E-state index in [1.807, 2.05) is 13.0 Å². The zero-order valence-electron chi connectivity index (χ0n) is 10.8. The lowest BCUT2D eigenvalue weighted by Crippen LogP contribution is -2.14. The van der Waals surface area contributed by atoms with Crippen molar-refractivity contribution in [2.45, 2.75) is 25.3 Å². The maximum absolute atomic E-state index is 11.4. The summed E-state index contributed by atoms with van der Waals surface area (Å²) in [4.78, 5) is 0.140. The number of hydrogen-bond donors (Lipinski definition) is 3. The van der Waals surface area contributed by atoms with Gasteiger partial charge in [-0.25, -0.2) is 13.6 Å². The van der Waals surface area contributed by atoms with Gasteiger partial charge in [0, 0.05) is 23.5 Å². The summed E-state index contributed by atoms with van der Waals surface area (Å²) in [6.07, 6.45) is 1.73. The first-order chi connectivity index (χ1) is 8.88. The highest BCUT2D eigenvalue weighted by Crippen LogP contribution is 2.19. The SMILES string of the molecule is Cc1ccc(NCc2cn[nH]c2C)cc1S(N)(=O)=O. The van der Waals surface area contributed by atoms with Crippen LogP contribution in [0, 0.1) is 13.8 Å². The molecule has 1 aromatic carbocycles. The second-order valence-corrected chi connectivity index (χ2v) is 5.93. The average molecular weight is 280 g/mol. The van der Waals surface area contributed by atoms with Gasteiger partial charge in [0.25, 0.3) is 0 Å². The summed E-state index contributed by atoms with van der Waals surface area (Å²) in [5.74, 6) is 0. The number of nitrogens with one attached hydrogen (secondary N) is 2. The number of nitrogens with zero attached hydrogens (tertiary/aromatic N) is 1. The van der Waals surface area contributed by atoms with E-state index in [-0.39, 0.29) is 4.90 Å². The van der Waals surface area contributed by atoms with Crippen molar-refractivity contribution >= 4 is 15.7 Å². The molecule has 0 aliphatic carbocycles. The monoisotopic (exact) mass is 280 g/mol. The number of anilines is 1. The van der Waals surface area contributed by atoms with Gasteiger partial charge in [0.05, 0.1) is 11.1 Å². The van der Waals surface area contributed by atoms with Gasteiger partial charge in [-0.2, -0.15) is 5.10 Å². The molecule has 0 aliphatic rings. The topological polar surface area (TPSA) is 101 Å². The van der Waals surface area contributed by atoms with Crippen molar-refractivity contribution in [1.82, 2.24) is 10.2 Å². The molecule has 0 radical (unpaired) electrons. The van der Waals surface area contributed by atoms with Crippen LogP contribution in [0.5, 0.6) is 0 Å². The fourth-order valence-corrected chi connectivity index (χ4v) is 2.58. The first-order valence-electron chi connectivity index (χ1n) is 5.74. The number of aryl methyl sites for hydroxylation is 2. The lowest BCUT2D eigenvalue weighted by molar-refractivity contribution is 0.597. The number of aromatic amines is 1. The summed E-state index contributed by atoms with van der Waals surface area (Å²) in [5, 5.41) is 15.1. The Morgan fingerprint density at radius 2 is 2.11 bits per heavy atom. The summed E-state index contributed by atoms with van der Waals surface area (Å²) in [7, 11) is -3.69. The van der Waals surface area contributed by atoms with Crippen molar-refractivity contribution in [1.29, 1.82) is 0 Å². The van der Waals surface area contributed by atoms with Crippen molar-refractivity contribution in [3.05, 3.63) is 41.2 Å². The van der Waals surface area contributed by atoms with Crippen LogP contribution in [0.15, 0.2) is 29.3 Å². The first kappa shape index (κ1) is 13.6. The number of rotatable bonds is 4. The molecular formula is C12H16N4O2S. The highest BCUT2D eigenvalue weighted by atomic mass is 32.2. The van der Waals surface area contributed by atoms with E-state index < -0.39 is 10.0 Å². The molecule has 7 heteroatoms. The molecule has 1 heterocycles. The van der Waals surface area contributed by atoms with Crippen LogP contribution in [0.3, 0.4) is 0 Å². The van der Waals surface area contributed by atoms with Crippen LogP contribution < -0.4 is 10.5 Å². The fraction of sp³-hybridized carbons (Fsp3) is 0.250. The van der Waals surface area contributed by atoms with Gasteiger partial charge < -0.3 is 5.32 Å². The zero-order chi connectivity index (χ0) is 14.0. The molecule has 0 atom stereocenters. The van der Waals surface area contributed by atoms with Crippen LogP contribution in [-0.4, -0.2) is 18.6 Å². The van der Waals surface area contributed by atoms with E-state index in [2.05, 4.69) is 15.5 Å². The summed E-state index contributed by atoms with van der Waals surface area (Å²) in [6.45, 7) is 4.20. The van der Waals surface area contributed by atoms with Gasteiger partial charge in [0.2, 0.25) is 10.0 Å². The number of nitrogens with two attached hydrogens (primary N) is 1. The molecule has 0 aliphatic heterocycles. The van der Waals surface area contributed by atoms with Gasteiger partial charge >= 0.3 is 0 Å². The number of hydrogen-bond acceptors (Lipinski definition) is 4. The fourth-order valence-electron chi connectivity index (χ4n) is 1.77. The third-order valence-corrected chi connectivity index (χ3v) is 3.96. The normalized spacial score (nSPS) is 11.5. The Labute approximate surface area is 112 Å². The summed E-state index contributed by atoms with van der Waals surface area (Å²) < 4.78 is 22.9. The minimum Gasteiger partial charge on any atom is -0.381 e. The second-order valence-electron chi connectivity index (χ2n) is 4.40. The molecule has 0 saturated carbocycles. The summed E-state index contributed by atoms with van der Waals surface area (Å²) in [6, 6.07) is 5.09. The molecular weight excluding hydrogens is 264 g/mol. The Bertz CT molecular complexity index is 692. The Morgan fingerprint density at radius 3 is 2.68 bits per heavy atom. The number of aromatic nitrogens is 2. The molecule has 2 aromatic rings. The molecule has 0 amide bonds. The summed E-state index contributed by atoms with van der Waals surface area (Å²) in [5.41, 5.74) is 3.34. The third-order valence-electron chi connectivity index (χ3n) is 2.91. The summed E-state index contributed by atoms with van der Waals surface area (Å²) >= 11 is 0. The average Bonchev–Trinajstić information content (AvgIpc) is 2.72. The zero-order valence-corrected chi connectivity index (χ0v) is 11.6. The third kappa shape index (κ3) is 3.12. The van der Waals surface area contributed by atoms with Gasteiger partial charge in [-0.05, 0) is 31.5 Å². The molecule has 0 bridgehead atoms. The van der Waals surface area contributed by atoms with E-state index in [0.29, 0.717) is 17.8 Å². The quantitative estimate of drug-likeness (QED) is 0.785. The minimum absolute atomic E-state index is 0.140. The molecule has 6 nitrogen and oxygen atoms in total. The number of H-pyrrole nitrogens is 1. The Balaban J connectivity index is 2.21. The lowest BCUT2D eigenvalue weighted by Gasteiger charge is -2.09. The van der Waals surface area contributed by atoms with Crippen LogP contribution in [0.1, 0.15) is 16.8 Å². The predicted octanol–water partition coefficient (Wildman–Crippen LogP) is 1.29. The standard InChI is InChI=1S/C12H16N4O2S/c1-8-3-4-11(5-12(8)19(13,17)18)14-6-10-7-15-16-9(10)2/h3-5,7,14H,6H2,1-2H3,(H,15,16)(H2,13,17,18). The molecule has 0 saturated heterocycles. The molecule has 0 fully saturated rings. The largest absolute Gasteiger partial charge is 0.381 e. The van der Waals surface area contributed by atoms with Gasteiger partial charge in [-0.15, -0.1) is 0 Å². The molecule has 1 aromatic heterocycles. The molecule has 19 heavy (non-hydrogen) atoms. The van der Waals surface area contributed by atoms with Crippen LogP contribution in [0.25, 0.3) is 0 Å². The smallest absolute Gasteiger partial charge is 0.238 e. The van der Waals surface area contributed by atoms with Crippen LogP contribution >= 0.6 is 0 Å². The van der Waals surface area contributed by atoms with Crippen molar-refractivity contribution in [2.75, 3.05) is 5.32 Å². The Kier molecular flexibility index (Phi) is 3.59. The maximum Gasteiger partial charge on any atom is 0.238 e. The Hall–Kier alpha value is -1.86. The number of primary sulfonamides is 1. The highest BCUT2D eigenvalue weighted by molar-refractivity contribution is 7.89. The van der Waals surface area contributed by atoms with Gasteiger partial charge in [0.1, 0.15) is 0 Å². The van der Waals surface area contributed by atoms with E-state index in [9.17, 15) is 8.42 Å². The van der Waals surface area contributed by atoms with E-state index in [4.69, 9.17) is 5.14 Å². The van der Waals surface area contributed by atoms with Crippen molar-refractivity contribution in [3.8, 4) is 0 Å². The number of sulfonamides is 1. The van der Waals surface area contributed by atoms with E-state index in [1.54, 1.807) is 25.3 Å². The van der Waals surface area contributed by atoms with Crippen LogP contribution in [0.4, 0.5) is 5.69 Å². The minimum atomic E-state index is -3.69. The van der Waals surface area contributed by atoms with Crippen LogP contribution in [0.2, 0.25) is 0 Å². The van der Waals surface area contributed by atoms with Crippen LogP contribution in [-0.2, 0) is 16.6 Å². The van der Waals surface area contributed by atoms with Gasteiger partial charge in [-0.3, -0.25) is 5.10 Å². The maximum atomic E-state index is 11.4. The van der Waals surface area contributed by atoms with E-state index >= 15 is 0 Å². The predicted molar refractivity (Wildman–Crippen MR) is 73.2 cm³/mol. The van der Waals surface area contributed by atoms with Gasteiger partial charge in [-0.1, -0.05) is 6.07 Å². The number of benzene rings is 1. The van der Waals surface area contributed by atoms with E-state index in [0.717, 1.165) is 11.3 Å². The first-order valence-corrected chi connectivity index (χ1v) is 7.29. The van der Waals surface area contributed by atoms with Crippen molar-refractivity contribution in [2.24, 2.45) is 5.14 Å². The molecule has 0 unspecified atom stereocenters.